The van der Waals surface area contributed by atoms with Gasteiger partial charge in [0.2, 0.25) is 0 Å². The lowest BCUT2D eigenvalue weighted by Gasteiger charge is -2.34. The molecule has 1 aromatic rings. The number of aliphatic imine (C=N–C) groups is 1. The number of guanidine groups is 1. The van der Waals surface area contributed by atoms with Crippen LogP contribution in [0.15, 0.2) is 23.3 Å². The normalized spacial score (nSPS) is 16.7. The van der Waals surface area contributed by atoms with Crippen LogP contribution < -0.4 is 15.5 Å². The minimum Gasteiger partial charge on any atom is -0.354 e. The Hall–Kier alpha value is -1.82. The zero-order valence-electron chi connectivity index (χ0n) is 14.8. The maximum absolute atomic E-state index is 4.54. The van der Waals surface area contributed by atoms with Crippen LogP contribution in [-0.2, 0) is 6.54 Å². The highest BCUT2D eigenvalue weighted by molar-refractivity contribution is 5.79. The van der Waals surface area contributed by atoms with Crippen LogP contribution in [0.3, 0.4) is 0 Å². The largest absolute Gasteiger partial charge is 0.354 e. The Kier molecular flexibility index (Phi) is 6.65. The number of piperazine rings is 1. The molecule has 2 rings (SSSR count). The third-order valence-corrected chi connectivity index (χ3v) is 4.06. The van der Waals surface area contributed by atoms with Crippen molar-refractivity contribution in [3.63, 3.8) is 0 Å². The first-order chi connectivity index (χ1) is 11.1. The lowest BCUT2D eigenvalue weighted by molar-refractivity contribution is 0.270. The fraction of sp³-hybridized carbons (Fsp3) is 0.647. The number of hydrogen-bond acceptors (Lipinski definition) is 4. The molecule has 2 N–H and O–H groups in total. The molecule has 1 aliphatic rings. The average Bonchev–Trinajstić information content (AvgIpc) is 2.58. The van der Waals surface area contributed by atoms with Gasteiger partial charge in [0.15, 0.2) is 5.96 Å². The molecule has 0 radical (unpaired) electrons. The van der Waals surface area contributed by atoms with Crippen molar-refractivity contribution < 1.29 is 0 Å². The molecule has 0 unspecified atom stereocenters. The monoisotopic (exact) mass is 318 g/mol. The van der Waals surface area contributed by atoms with E-state index in [-0.39, 0.29) is 0 Å². The van der Waals surface area contributed by atoms with Gasteiger partial charge in [-0.25, -0.2) is 4.98 Å². The van der Waals surface area contributed by atoms with Crippen molar-refractivity contribution in [1.29, 1.82) is 0 Å². The highest BCUT2D eigenvalue weighted by Crippen LogP contribution is 2.15. The molecule has 1 aliphatic heterocycles. The number of nitrogens with zero attached hydrogens (tertiary/aromatic N) is 4. The molecular formula is C17H30N6. The third kappa shape index (κ3) is 5.39. The third-order valence-electron chi connectivity index (χ3n) is 4.06. The quantitative estimate of drug-likeness (QED) is 0.633. The number of pyridine rings is 1. The van der Waals surface area contributed by atoms with E-state index < -0.39 is 0 Å². The van der Waals surface area contributed by atoms with Crippen LogP contribution in [0.25, 0.3) is 0 Å². The first-order valence-corrected chi connectivity index (χ1v) is 8.51. The summed E-state index contributed by atoms with van der Waals surface area (Å²) in [6, 6.07) is 4.60. The standard InChI is InChI=1S/C17H30N6/c1-5-22-8-10-23(11-9-22)16-12-15(6-7-19-16)13-20-17(18-4)21-14(2)3/h6-7,12,14H,5,8-11,13H2,1-4H3,(H2,18,20,21). The molecule has 0 aliphatic carbocycles. The number of hydrogen-bond donors (Lipinski definition) is 2. The minimum atomic E-state index is 0.365. The van der Waals surface area contributed by atoms with Crippen molar-refractivity contribution >= 4 is 11.8 Å². The van der Waals surface area contributed by atoms with Crippen LogP contribution in [0.2, 0.25) is 0 Å². The first kappa shape index (κ1) is 17.5. The molecule has 0 saturated carbocycles. The van der Waals surface area contributed by atoms with E-state index >= 15 is 0 Å². The zero-order chi connectivity index (χ0) is 16.7. The molecule has 0 spiro atoms. The van der Waals surface area contributed by atoms with Crippen molar-refractivity contribution in [1.82, 2.24) is 20.5 Å². The number of aromatic nitrogens is 1. The predicted octanol–water partition coefficient (Wildman–Crippen LogP) is 1.30. The van der Waals surface area contributed by atoms with E-state index in [9.17, 15) is 0 Å². The maximum atomic E-state index is 4.54. The second-order valence-electron chi connectivity index (χ2n) is 6.17. The van der Waals surface area contributed by atoms with E-state index in [0.29, 0.717) is 6.04 Å². The molecule has 2 heterocycles. The Morgan fingerprint density at radius 1 is 1.30 bits per heavy atom. The average molecular weight is 318 g/mol. The Morgan fingerprint density at radius 2 is 2.04 bits per heavy atom. The fourth-order valence-electron chi connectivity index (χ4n) is 2.69. The first-order valence-electron chi connectivity index (χ1n) is 8.51. The van der Waals surface area contributed by atoms with Gasteiger partial charge in [-0.1, -0.05) is 6.92 Å². The summed E-state index contributed by atoms with van der Waals surface area (Å²) in [5.74, 6) is 1.90. The van der Waals surface area contributed by atoms with Gasteiger partial charge in [0, 0.05) is 52.0 Å². The molecule has 1 aromatic heterocycles. The molecule has 0 aromatic carbocycles. The van der Waals surface area contributed by atoms with Gasteiger partial charge in [-0.05, 0) is 38.1 Å². The van der Waals surface area contributed by atoms with Crippen LogP contribution in [0.1, 0.15) is 26.3 Å². The smallest absolute Gasteiger partial charge is 0.191 e. The Balaban J connectivity index is 1.92. The maximum Gasteiger partial charge on any atom is 0.191 e. The summed E-state index contributed by atoms with van der Waals surface area (Å²) in [5, 5.41) is 6.64. The fourth-order valence-corrected chi connectivity index (χ4v) is 2.69. The van der Waals surface area contributed by atoms with E-state index in [1.54, 1.807) is 7.05 Å². The van der Waals surface area contributed by atoms with Crippen LogP contribution >= 0.6 is 0 Å². The van der Waals surface area contributed by atoms with Crippen LogP contribution in [-0.4, -0.2) is 61.7 Å². The van der Waals surface area contributed by atoms with Crippen molar-refractivity contribution in [3.8, 4) is 0 Å². The van der Waals surface area contributed by atoms with Gasteiger partial charge >= 0.3 is 0 Å². The van der Waals surface area contributed by atoms with Crippen molar-refractivity contribution in [3.05, 3.63) is 23.9 Å². The summed E-state index contributed by atoms with van der Waals surface area (Å²) in [5.41, 5.74) is 1.22. The van der Waals surface area contributed by atoms with E-state index in [4.69, 9.17) is 0 Å². The second kappa shape index (κ2) is 8.72. The Bertz CT molecular complexity index is 506. The van der Waals surface area contributed by atoms with Gasteiger partial charge in [0.25, 0.3) is 0 Å². The van der Waals surface area contributed by atoms with Crippen molar-refractivity contribution in [2.45, 2.75) is 33.4 Å². The number of likely N-dealkylation sites (N-methyl/N-ethyl adjacent to an activating group) is 1. The molecule has 1 fully saturated rings. The SMILES string of the molecule is CCN1CCN(c2cc(CNC(=NC)NC(C)C)ccn2)CC1. The lowest BCUT2D eigenvalue weighted by atomic mass is 10.2. The highest BCUT2D eigenvalue weighted by atomic mass is 15.3. The molecule has 6 heteroatoms. The zero-order valence-corrected chi connectivity index (χ0v) is 14.8. The second-order valence-corrected chi connectivity index (χ2v) is 6.17. The van der Waals surface area contributed by atoms with E-state index in [1.807, 2.05) is 6.20 Å². The molecule has 0 atom stereocenters. The highest BCUT2D eigenvalue weighted by Gasteiger charge is 2.16. The molecule has 0 amide bonds. The van der Waals surface area contributed by atoms with E-state index in [0.717, 1.165) is 51.0 Å². The van der Waals surface area contributed by atoms with Gasteiger partial charge in [0.1, 0.15) is 5.82 Å². The van der Waals surface area contributed by atoms with Gasteiger partial charge < -0.3 is 20.4 Å². The van der Waals surface area contributed by atoms with E-state index in [1.165, 1.54) is 5.56 Å². The van der Waals surface area contributed by atoms with Gasteiger partial charge in [-0.15, -0.1) is 0 Å². The topological polar surface area (TPSA) is 55.8 Å². The predicted molar refractivity (Wildman–Crippen MR) is 97.0 cm³/mol. The molecule has 1 saturated heterocycles. The van der Waals surface area contributed by atoms with Crippen molar-refractivity contribution in [2.75, 3.05) is 44.7 Å². The molecule has 6 nitrogen and oxygen atoms in total. The van der Waals surface area contributed by atoms with Crippen LogP contribution in [0, 0.1) is 0 Å². The summed E-state index contributed by atoms with van der Waals surface area (Å²) >= 11 is 0. The molecular weight excluding hydrogens is 288 g/mol. The Morgan fingerprint density at radius 3 is 2.65 bits per heavy atom. The lowest BCUT2D eigenvalue weighted by Crippen LogP contribution is -2.46. The summed E-state index contributed by atoms with van der Waals surface area (Å²) in [7, 11) is 1.79. The number of anilines is 1. The number of rotatable bonds is 5. The van der Waals surface area contributed by atoms with Crippen molar-refractivity contribution in [2.24, 2.45) is 4.99 Å². The van der Waals surface area contributed by atoms with Gasteiger partial charge in [-0.3, -0.25) is 4.99 Å². The summed E-state index contributed by atoms with van der Waals surface area (Å²) in [4.78, 5) is 13.6. The molecule has 128 valence electrons. The van der Waals surface area contributed by atoms with E-state index in [2.05, 4.69) is 63.3 Å². The number of nitrogens with one attached hydrogen (secondary N) is 2. The van der Waals surface area contributed by atoms with Gasteiger partial charge in [-0.2, -0.15) is 0 Å². The summed E-state index contributed by atoms with van der Waals surface area (Å²) < 4.78 is 0. The van der Waals surface area contributed by atoms with Crippen LogP contribution in [0.4, 0.5) is 5.82 Å². The Labute approximate surface area is 140 Å². The van der Waals surface area contributed by atoms with Gasteiger partial charge in [0.05, 0.1) is 0 Å². The minimum absolute atomic E-state index is 0.365. The summed E-state index contributed by atoms with van der Waals surface area (Å²) in [6.07, 6.45) is 1.90. The molecule has 23 heavy (non-hydrogen) atoms. The van der Waals surface area contributed by atoms with Crippen LogP contribution in [0.5, 0.6) is 0 Å². The molecule has 0 bridgehead atoms. The summed E-state index contributed by atoms with van der Waals surface area (Å²) in [6.45, 7) is 12.6.